The molecule has 0 aliphatic carbocycles. The number of nitro groups is 1. The molecule has 0 aliphatic heterocycles. The molecule has 7 heteroatoms. The lowest BCUT2D eigenvalue weighted by Gasteiger charge is -2.25. The number of hydrogen-bond donors (Lipinski definition) is 1. The molecule has 1 aromatic rings. The fourth-order valence-electron chi connectivity index (χ4n) is 1.65. The van der Waals surface area contributed by atoms with Gasteiger partial charge in [-0.3, -0.25) is 10.1 Å². The molecular formula is C11H14F2N2O3. The molecular weight excluding hydrogens is 246 g/mol. The Labute approximate surface area is 103 Å². The molecule has 0 aliphatic rings. The highest BCUT2D eigenvalue weighted by Crippen LogP contribution is 2.26. The van der Waals surface area contributed by atoms with Crippen molar-refractivity contribution < 1.29 is 18.8 Å². The molecule has 0 fully saturated rings. The number of non-ortho nitro benzene ring substituents is 1. The van der Waals surface area contributed by atoms with E-state index in [1.165, 1.54) is 23.1 Å². The number of nitrogens with zero attached hydrogens (tertiary/aromatic N) is 2. The molecule has 0 bridgehead atoms. The Hall–Kier alpha value is -1.76. The van der Waals surface area contributed by atoms with Gasteiger partial charge in [0, 0.05) is 24.4 Å². The highest BCUT2D eigenvalue weighted by atomic mass is 19.3. The van der Waals surface area contributed by atoms with Gasteiger partial charge in [0.1, 0.15) is 0 Å². The highest BCUT2D eigenvalue weighted by molar-refractivity contribution is 5.58. The lowest BCUT2D eigenvalue weighted by molar-refractivity contribution is -0.384. The maximum atomic E-state index is 12.4. The predicted octanol–water partition coefficient (Wildman–Crippen LogP) is 1.97. The molecule has 1 rings (SSSR count). The van der Waals surface area contributed by atoms with E-state index in [0.717, 1.165) is 0 Å². The first-order valence-electron chi connectivity index (χ1n) is 5.34. The minimum absolute atomic E-state index is 0.00630. The molecule has 0 saturated heterocycles. The summed E-state index contributed by atoms with van der Waals surface area (Å²) in [6, 6.07) is 4.06. The summed E-state index contributed by atoms with van der Waals surface area (Å²) >= 11 is 0. The number of aliphatic hydroxyl groups is 1. The molecule has 0 aromatic heterocycles. The van der Waals surface area contributed by atoms with Crippen LogP contribution in [0.25, 0.3) is 0 Å². The standard InChI is InChI=1S/C11H14F2N2O3/c1-8-2-3-9(15(17)18)6-10(8)14(4-5-16)7-11(12)13/h2-3,6,11,16H,4-5,7H2,1H3. The van der Waals surface area contributed by atoms with Gasteiger partial charge in [-0.2, -0.15) is 0 Å². The SMILES string of the molecule is Cc1ccc([N+](=O)[O-])cc1N(CCO)CC(F)F. The molecule has 5 nitrogen and oxygen atoms in total. The molecule has 0 radical (unpaired) electrons. The van der Waals surface area contributed by atoms with E-state index in [9.17, 15) is 18.9 Å². The van der Waals surface area contributed by atoms with Crippen molar-refractivity contribution in [2.24, 2.45) is 0 Å². The van der Waals surface area contributed by atoms with Crippen molar-refractivity contribution in [1.29, 1.82) is 0 Å². The van der Waals surface area contributed by atoms with E-state index < -0.39 is 17.9 Å². The number of benzene rings is 1. The molecule has 0 amide bonds. The minimum atomic E-state index is -2.57. The van der Waals surface area contributed by atoms with Gasteiger partial charge in [0.2, 0.25) is 0 Å². The third kappa shape index (κ3) is 3.63. The molecule has 1 aromatic carbocycles. The van der Waals surface area contributed by atoms with Crippen LogP contribution in [0.4, 0.5) is 20.2 Å². The van der Waals surface area contributed by atoms with Crippen molar-refractivity contribution >= 4 is 11.4 Å². The lowest BCUT2D eigenvalue weighted by atomic mass is 10.1. The van der Waals surface area contributed by atoms with Crippen LogP contribution in [0, 0.1) is 17.0 Å². The summed E-state index contributed by atoms with van der Waals surface area (Å²) < 4.78 is 24.9. The van der Waals surface area contributed by atoms with Crippen LogP contribution in [0.1, 0.15) is 5.56 Å². The number of aryl methyl sites for hydroxylation is 1. The third-order valence-corrected chi connectivity index (χ3v) is 2.47. The summed E-state index contributed by atoms with van der Waals surface area (Å²) in [4.78, 5) is 11.3. The Morgan fingerprint density at radius 2 is 2.17 bits per heavy atom. The normalized spacial score (nSPS) is 10.7. The second-order valence-electron chi connectivity index (χ2n) is 3.79. The van der Waals surface area contributed by atoms with Gasteiger partial charge in [0.15, 0.2) is 0 Å². The first-order valence-corrected chi connectivity index (χ1v) is 5.34. The van der Waals surface area contributed by atoms with Gasteiger partial charge < -0.3 is 10.0 Å². The largest absolute Gasteiger partial charge is 0.395 e. The van der Waals surface area contributed by atoms with Gasteiger partial charge in [-0.25, -0.2) is 8.78 Å². The Kier molecular flexibility index (Phi) is 4.96. The third-order valence-electron chi connectivity index (χ3n) is 2.47. The van der Waals surface area contributed by atoms with E-state index >= 15 is 0 Å². The summed E-state index contributed by atoms with van der Waals surface area (Å²) in [6.07, 6.45) is -2.57. The molecule has 100 valence electrons. The van der Waals surface area contributed by atoms with Crippen molar-refractivity contribution in [3.05, 3.63) is 33.9 Å². The summed E-state index contributed by atoms with van der Waals surface area (Å²) in [6.45, 7) is 0.818. The average molecular weight is 260 g/mol. The molecule has 0 unspecified atom stereocenters. The molecule has 0 saturated carbocycles. The maximum absolute atomic E-state index is 12.4. The maximum Gasteiger partial charge on any atom is 0.271 e. The van der Waals surface area contributed by atoms with E-state index in [1.807, 2.05) is 0 Å². The van der Waals surface area contributed by atoms with E-state index in [-0.39, 0.29) is 18.8 Å². The quantitative estimate of drug-likeness (QED) is 0.627. The number of halogens is 2. The van der Waals surface area contributed by atoms with Crippen molar-refractivity contribution in [1.82, 2.24) is 0 Å². The van der Waals surface area contributed by atoms with Crippen molar-refractivity contribution in [2.75, 3.05) is 24.6 Å². The number of alkyl halides is 2. The monoisotopic (exact) mass is 260 g/mol. The average Bonchev–Trinajstić information content (AvgIpc) is 2.28. The Balaban J connectivity index is 3.09. The van der Waals surface area contributed by atoms with Crippen LogP contribution in [0.5, 0.6) is 0 Å². The fourth-order valence-corrected chi connectivity index (χ4v) is 1.65. The van der Waals surface area contributed by atoms with Gasteiger partial charge in [0.05, 0.1) is 18.1 Å². The van der Waals surface area contributed by atoms with E-state index in [0.29, 0.717) is 11.3 Å². The lowest BCUT2D eigenvalue weighted by Crippen LogP contribution is -2.32. The van der Waals surface area contributed by atoms with E-state index in [2.05, 4.69) is 0 Å². The minimum Gasteiger partial charge on any atom is -0.395 e. The van der Waals surface area contributed by atoms with E-state index in [4.69, 9.17) is 5.11 Å². The van der Waals surface area contributed by atoms with E-state index in [1.54, 1.807) is 6.92 Å². The van der Waals surface area contributed by atoms with Crippen LogP contribution in [-0.4, -0.2) is 36.2 Å². The fraction of sp³-hybridized carbons (Fsp3) is 0.455. The predicted molar refractivity (Wildman–Crippen MR) is 63.1 cm³/mol. The highest BCUT2D eigenvalue weighted by Gasteiger charge is 2.17. The van der Waals surface area contributed by atoms with Crippen LogP contribution in [0.15, 0.2) is 18.2 Å². The molecule has 0 heterocycles. The Morgan fingerprint density at radius 3 is 2.67 bits per heavy atom. The molecule has 1 N–H and O–H groups in total. The zero-order valence-corrected chi connectivity index (χ0v) is 9.84. The number of anilines is 1. The van der Waals surface area contributed by atoms with Gasteiger partial charge in [-0.15, -0.1) is 0 Å². The number of rotatable bonds is 6. The smallest absolute Gasteiger partial charge is 0.271 e. The molecule has 18 heavy (non-hydrogen) atoms. The van der Waals surface area contributed by atoms with Crippen LogP contribution >= 0.6 is 0 Å². The van der Waals surface area contributed by atoms with Gasteiger partial charge in [-0.1, -0.05) is 6.07 Å². The summed E-state index contributed by atoms with van der Waals surface area (Å²) in [5, 5.41) is 19.5. The second-order valence-corrected chi connectivity index (χ2v) is 3.79. The van der Waals surface area contributed by atoms with Crippen molar-refractivity contribution in [2.45, 2.75) is 13.3 Å². The number of hydrogen-bond acceptors (Lipinski definition) is 4. The Morgan fingerprint density at radius 1 is 1.50 bits per heavy atom. The van der Waals surface area contributed by atoms with Gasteiger partial charge >= 0.3 is 0 Å². The van der Waals surface area contributed by atoms with Crippen molar-refractivity contribution in [3.8, 4) is 0 Å². The second kappa shape index (κ2) is 6.25. The van der Waals surface area contributed by atoms with Crippen LogP contribution in [0.3, 0.4) is 0 Å². The summed E-state index contributed by atoms with van der Waals surface area (Å²) in [7, 11) is 0. The summed E-state index contributed by atoms with van der Waals surface area (Å²) in [5.74, 6) is 0. The topological polar surface area (TPSA) is 66.6 Å². The number of nitro benzene ring substituents is 1. The summed E-state index contributed by atoms with van der Waals surface area (Å²) in [5.41, 5.74) is 0.834. The van der Waals surface area contributed by atoms with Crippen LogP contribution < -0.4 is 4.90 Å². The molecule has 0 spiro atoms. The van der Waals surface area contributed by atoms with Crippen molar-refractivity contribution in [3.63, 3.8) is 0 Å². The van der Waals surface area contributed by atoms with Crippen LogP contribution in [-0.2, 0) is 0 Å². The zero-order valence-electron chi connectivity index (χ0n) is 9.84. The zero-order chi connectivity index (χ0) is 13.7. The van der Waals surface area contributed by atoms with Gasteiger partial charge in [-0.05, 0) is 12.5 Å². The van der Waals surface area contributed by atoms with Gasteiger partial charge in [0.25, 0.3) is 12.1 Å². The Bertz CT molecular complexity index is 427. The first kappa shape index (κ1) is 14.3. The van der Waals surface area contributed by atoms with Crippen LogP contribution in [0.2, 0.25) is 0 Å². The first-order chi connectivity index (χ1) is 8.45. The molecule has 0 atom stereocenters. The number of aliphatic hydroxyl groups excluding tert-OH is 1.